The lowest BCUT2D eigenvalue weighted by molar-refractivity contribution is -0.127. The summed E-state index contributed by atoms with van der Waals surface area (Å²) < 4.78 is 5.16. The highest BCUT2D eigenvalue weighted by Crippen LogP contribution is 2.25. The number of likely N-dealkylation sites (N-methyl/N-ethyl adjacent to an activating group) is 1. The Morgan fingerprint density at radius 3 is 2.73 bits per heavy atom. The minimum Gasteiger partial charge on any atom is -0.383 e. The van der Waals surface area contributed by atoms with E-state index in [9.17, 15) is 9.59 Å². The third-order valence-corrected chi connectivity index (χ3v) is 4.27. The van der Waals surface area contributed by atoms with Crippen LogP contribution < -0.4 is 10.6 Å². The monoisotopic (exact) mass is 310 g/mol. The molecule has 0 bridgehead atoms. The second-order valence-corrected chi connectivity index (χ2v) is 5.62. The van der Waals surface area contributed by atoms with Crippen molar-refractivity contribution in [2.45, 2.75) is 12.2 Å². The van der Waals surface area contributed by atoms with E-state index in [1.54, 1.807) is 14.2 Å². The molecule has 0 aromatic rings. The number of amides is 3. The van der Waals surface area contributed by atoms with Crippen LogP contribution in [0, 0.1) is 0 Å². The quantitative estimate of drug-likeness (QED) is 0.632. The molecule has 0 aromatic heterocycles. The molecule has 2 saturated heterocycles. The van der Waals surface area contributed by atoms with Crippen molar-refractivity contribution in [3.63, 3.8) is 0 Å². The third kappa shape index (κ3) is 2.50. The van der Waals surface area contributed by atoms with E-state index < -0.39 is 18.2 Å². The highest BCUT2D eigenvalue weighted by molar-refractivity contribution is 6.03. The van der Waals surface area contributed by atoms with Crippen molar-refractivity contribution in [2.75, 3.05) is 53.5 Å². The van der Waals surface area contributed by atoms with Crippen molar-refractivity contribution >= 4 is 17.9 Å². The van der Waals surface area contributed by atoms with Crippen molar-refractivity contribution in [2.24, 2.45) is 4.99 Å². The molecule has 9 heteroatoms. The van der Waals surface area contributed by atoms with Crippen LogP contribution in [0.2, 0.25) is 0 Å². The van der Waals surface area contributed by atoms with Crippen LogP contribution in [-0.2, 0) is 9.53 Å². The molecule has 0 aliphatic carbocycles. The van der Waals surface area contributed by atoms with E-state index in [0.717, 1.165) is 32.1 Å². The van der Waals surface area contributed by atoms with E-state index in [4.69, 9.17) is 4.74 Å². The Hall–Kier alpha value is -1.87. The van der Waals surface area contributed by atoms with E-state index in [1.807, 2.05) is 4.90 Å². The van der Waals surface area contributed by atoms with E-state index in [2.05, 4.69) is 20.5 Å². The molecule has 3 aliphatic heterocycles. The number of piperazine rings is 1. The molecule has 9 nitrogen and oxygen atoms in total. The largest absolute Gasteiger partial charge is 0.383 e. The molecule has 0 aromatic carbocycles. The number of urea groups is 1. The Balaban J connectivity index is 1.87. The fourth-order valence-electron chi connectivity index (χ4n) is 3.07. The first-order chi connectivity index (χ1) is 10.6. The minimum absolute atomic E-state index is 0.293. The zero-order chi connectivity index (χ0) is 15.7. The Bertz CT molecular complexity index is 490. The lowest BCUT2D eigenvalue weighted by Crippen LogP contribution is -2.64. The Morgan fingerprint density at radius 1 is 1.32 bits per heavy atom. The summed E-state index contributed by atoms with van der Waals surface area (Å²) in [6.07, 6.45) is -0.469. The van der Waals surface area contributed by atoms with Gasteiger partial charge in [0.15, 0.2) is 18.2 Å². The summed E-state index contributed by atoms with van der Waals surface area (Å²) in [5.74, 6) is 0.489. The van der Waals surface area contributed by atoms with Crippen molar-refractivity contribution in [1.82, 2.24) is 25.3 Å². The average molecular weight is 310 g/mol. The maximum atomic E-state index is 12.3. The van der Waals surface area contributed by atoms with Gasteiger partial charge in [-0.05, 0) is 0 Å². The average Bonchev–Trinajstić information content (AvgIpc) is 2.91. The van der Waals surface area contributed by atoms with Crippen LogP contribution in [-0.4, -0.2) is 98.3 Å². The summed E-state index contributed by atoms with van der Waals surface area (Å²) in [6, 6.07) is -0.883. The summed E-state index contributed by atoms with van der Waals surface area (Å²) in [7, 11) is 3.30. The summed E-state index contributed by atoms with van der Waals surface area (Å²) in [5, 5.41) is 5.69. The van der Waals surface area contributed by atoms with Crippen LogP contribution in [0.4, 0.5) is 4.79 Å². The molecule has 3 amide bonds. The Labute approximate surface area is 129 Å². The van der Waals surface area contributed by atoms with Crippen LogP contribution in [0.3, 0.4) is 0 Å². The number of carbonyl (C=O) groups is 2. The van der Waals surface area contributed by atoms with Gasteiger partial charge in [-0.3, -0.25) is 10.1 Å². The van der Waals surface area contributed by atoms with Gasteiger partial charge in [0.25, 0.3) is 5.91 Å². The Kier molecular flexibility index (Phi) is 4.16. The number of aliphatic imine (C=N–C) groups is 1. The molecule has 2 atom stereocenters. The van der Waals surface area contributed by atoms with E-state index in [-0.39, 0.29) is 5.91 Å². The topological polar surface area (TPSA) is 89.5 Å². The smallest absolute Gasteiger partial charge is 0.325 e. The SMILES string of the molecule is COCCN1C(N2CCNCC2)=NC2C1C(=O)NC(=O)N2C. The van der Waals surface area contributed by atoms with E-state index in [1.165, 1.54) is 4.90 Å². The van der Waals surface area contributed by atoms with Gasteiger partial charge in [-0.2, -0.15) is 0 Å². The van der Waals surface area contributed by atoms with Crippen molar-refractivity contribution in [3.8, 4) is 0 Å². The van der Waals surface area contributed by atoms with Gasteiger partial charge in [-0.15, -0.1) is 0 Å². The number of carbonyl (C=O) groups excluding carboxylic acids is 2. The van der Waals surface area contributed by atoms with Crippen molar-refractivity contribution in [3.05, 3.63) is 0 Å². The number of fused-ring (bicyclic) bond motifs is 1. The molecule has 22 heavy (non-hydrogen) atoms. The summed E-state index contributed by atoms with van der Waals surface area (Å²) in [6.45, 7) is 4.50. The summed E-state index contributed by atoms with van der Waals surface area (Å²) >= 11 is 0. The maximum absolute atomic E-state index is 12.3. The van der Waals surface area contributed by atoms with Crippen LogP contribution in [0.5, 0.6) is 0 Å². The van der Waals surface area contributed by atoms with Crippen LogP contribution in [0.1, 0.15) is 0 Å². The number of rotatable bonds is 3. The number of imide groups is 1. The predicted octanol–water partition coefficient (Wildman–Crippen LogP) is -1.91. The maximum Gasteiger partial charge on any atom is 0.325 e. The van der Waals surface area contributed by atoms with Gasteiger partial charge in [0.1, 0.15) is 0 Å². The molecule has 3 aliphatic rings. The molecule has 0 radical (unpaired) electrons. The standard InChI is InChI=1S/C13H22N6O3/c1-17-10-9(11(20)16-13(17)21)19(7-8-22-2)12(15-10)18-5-3-14-4-6-18/h9-10,14H,3-8H2,1-2H3,(H,16,20,21). The van der Waals surface area contributed by atoms with E-state index >= 15 is 0 Å². The van der Waals surface area contributed by atoms with Crippen LogP contribution >= 0.6 is 0 Å². The normalized spacial score (nSPS) is 28.6. The van der Waals surface area contributed by atoms with Gasteiger partial charge >= 0.3 is 6.03 Å². The Morgan fingerprint density at radius 2 is 2.05 bits per heavy atom. The molecular weight excluding hydrogens is 288 g/mol. The number of hydrogen-bond donors (Lipinski definition) is 2. The van der Waals surface area contributed by atoms with Gasteiger partial charge in [0.05, 0.1) is 6.61 Å². The molecule has 0 spiro atoms. The van der Waals surface area contributed by atoms with Gasteiger partial charge in [-0.25, -0.2) is 9.79 Å². The predicted molar refractivity (Wildman–Crippen MR) is 79.3 cm³/mol. The number of methoxy groups -OCH3 is 1. The number of nitrogens with zero attached hydrogens (tertiary/aromatic N) is 4. The number of guanidine groups is 1. The highest BCUT2D eigenvalue weighted by atomic mass is 16.5. The number of nitrogens with one attached hydrogen (secondary N) is 2. The third-order valence-electron chi connectivity index (χ3n) is 4.27. The number of ether oxygens (including phenoxy) is 1. The molecule has 3 heterocycles. The number of hydrogen-bond acceptors (Lipinski definition) is 7. The first-order valence-corrected chi connectivity index (χ1v) is 7.50. The zero-order valence-electron chi connectivity index (χ0n) is 12.9. The first-order valence-electron chi connectivity index (χ1n) is 7.50. The fourth-order valence-corrected chi connectivity index (χ4v) is 3.07. The van der Waals surface area contributed by atoms with Gasteiger partial charge in [-0.1, -0.05) is 0 Å². The molecule has 2 N–H and O–H groups in total. The second-order valence-electron chi connectivity index (χ2n) is 5.62. The molecule has 122 valence electrons. The molecular formula is C13H22N6O3. The second kappa shape index (κ2) is 6.09. The lowest BCUT2D eigenvalue weighted by Gasteiger charge is -2.38. The van der Waals surface area contributed by atoms with Gasteiger partial charge in [0, 0.05) is 46.9 Å². The zero-order valence-corrected chi connectivity index (χ0v) is 12.9. The lowest BCUT2D eigenvalue weighted by atomic mass is 10.1. The van der Waals surface area contributed by atoms with Crippen molar-refractivity contribution in [1.29, 1.82) is 0 Å². The minimum atomic E-state index is -0.484. The molecule has 0 saturated carbocycles. The van der Waals surface area contributed by atoms with E-state index in [0.29, 0.717) is 13.2 Å². The molecule has 2 fully saturated rings. The molecule has 2 unspecified atom stereocenters. The fraction of sp³-hybridized carbons (Fsp3) is 0.769. The highest BCUT2D eigenvalue weighted by Gasteiger charge is 2.49. The van der Waals surface area contributed by atoms with Crippen LogP contribution in [0.15, 0.2) is 4.99 Å². The summed E-state index contributed by atoms with van der Waals surface area (Å²) in [4.78, 5) is 34.4. The summed E-state index contributed by atoms with van der Waals surface area (Å²) in [5.41, 5.74) is 0. The molecule has 3 rings (SSSR count). The van der Waals surface area contributed by atoms with Crippen LogP contribution in [0.25, 0.3) is 0 Å². The van der Waals surface area contributed by atoms with Gasteiger partial charge in [0.2, 0.25) is 0 Å². The first kappa shape index (κ1) is 15.0. The van der Waals surface area contributed by atoms with Gasteiger partial charge < -0.3 is 24.8 Å². The van der Waals surface area contributed by atoms with Crippen molar-refractivity contribution < 1.29 is 14.3 Å².